The number of nitrogens with one attached hydrogen (secondary N) is 2. The summed E-state index contributed by atoms with van der Waals surface area (Å²) in [4.78, 5) is 23.2. The topological polar surface area (TPSA) is 106 Å². The fraction of sp³-hybridized carbons (Fsp3) is 0.222. The van der Waals surface area contributed by atoms with E-state index in [-0.39, 0.29) is 11.6 Å². The lowest BCUT2D eigenvalue weighted by Gasteiger charge is -2.03. The second-order valence-corrected chi connectivity index (χ2v) is 2.96. The van der Waals surface area contributed by atoms with Gasteiger partial charge in [-0.25, -0.2) is 15.1 Å². The Hall–Kier alpha value is -2.51. The van der Waals surface area contributed by atoms with E-state index >= 15 is 0 Å². The fourth-order valence-electron chi connectivity index (χ4n) is 1.13. The van der Waals surface area contributed by atoms with Crippen molar-refractivity contribution < 1.29 is 9.53 Å². The van der Waals surface area contributed by atoms with Crippen LogP contribution in [0.15, 0.2) is 18.7 Å². The molecule has 2 aromatic rings. The van der Waals surface area contributed by atoms with E-state index < -0.39 is 5.91 Å². The molecule has 0 aromatic carbocycles. The molecule has 0 bridgehead atoms. The number of hydrogen-bond acceptors (Lipinski definition) is 6. The van der Waals surface area contributed by atoms with Gasteiger partial charge in [0.15, 0.2) is 0 Å². The molecule has 0 atom stereocenters. The maximum Gasteiger partial charge on any atom is 0.276 e. The number of H-pyrrole nitrogens is 1. The molecule has 0 fully saturated rings. The Balaban J connectivity index is 2.11. The summed E-state index contributed by atoms with van der Waals surface area (Å²) >= 11 is 0. The number of carbonyl (C=O) groups excluding carboxylic acids is 1. The van der Waals surface area contributed by atoms with Crippen LogP contribution in [-0.4, -0.2) is 37.7 Å². The number of amides is 1. The first kappa shape index (κ1) is 11.0. The standard InChI is InChI=1S/C9H10N6O2/c1-2-17-7-3-6(10-4-11-7)8(16)14-9-12-5-13-15-9/h3-5H,2H2,1H3,(H2,12,13,14,15,16). The van der Waals surface area contributed by atoms with Crippen molar-refractivity contribution in [1.82, 2.24) is 25.1 Å². The van der Waals surface area contributed by atoms with E-state index in [1.165, 1.54) is 18.7 Å². The van der Waals surface area contributed by atoms with Crippen LogP contribution in [0.3, 0.4) is 0 Å². The maximum atomic E-state index is 11.7. The van der Waals surface area contributed by atoms with Gasteiger partial charge >= 0.3 is 0 Å². The molecule has 2 aromatic heterocycles. The summed E-state index contributed by atoms with van der Waals surface area (Å²) in [5.74, 6) is 0.196. The van der Waals surface area contributed by atoms with Gasteiger partial charge in [0, 0.05) is 6.07 Å². The third kappa shape index (κ3) is 2.74. The molecule has 2 N–H and O–H groups in total. The van der Waals surface area contributed by atoms with Crippen LogP contribution in [0.1, 0.15) is 17.4 Å². The molecule has 0 aliphatic carbocycles. The summed E-state index contributed by atoms with van der Waals surface area (Å²) in [7, 11) is 0. The third-order valence-corrected chi connectivity index (χ3v) is 1.81. The fourth-order valence-corrected chi connectivity index (χ4v) is 1.13. The third-order valence-electron chi connectivity index (χ3n) is 1.81. The lowest BCUT2D eigenvalue weighted by atomic mass is 10.4. The zero-order chi connectivity index (χ0) is 12.1. The normalized spacial score (nSPS) is 9.94. The highest BCUT2D eigenvalue weighted by atomic mass is 16.5. The van der Waals surface area contributed by atoms with Crippen LogP contribution in [0.2, 0.25) is 0 Å². The average molecular weight is 234 g/mol. The Morgan fingerprint density at radius 3 is 3.00 bits per heavy atom. The van der Waals surface area contributed by atoms with E-state index in [4.69, 9.17) is 4.74 Å². The van der Waals surface area contributed by atoms with Gasteiger partial charge in [-0.2, -0.15) is 10.1 Å². The largest absolute Gasteiger partial charge is 0.478 e. The monoisotopic (exact) mass is 234 g/mol. The molecule has 88 valence electrons. The van der Waals surface area contributed by atoms with Gasteiger partial charge in [-0.3, -0.25) is 10.1 Å². The van der Waals surface area contributed by atoms with Crippen LogP contribution in [0, 0.1) is 0 Å². The number of ether oxygens (including phenoxy) is 1. The summed E-state index contributed by atoms with van der Waals surface area (Å²) in [5, 5.41) is 8.61. The van der Waals surface area contributed by atoms with Crippen LogP contribution in [-0.2, 0) is 0 Å². The minimum Gasteiger partial charge on any atom is -0.478 e. The SMILES string of the molecule is CCOc1cc(C(=O)Nc2ncn[nH]2)ncn1. The summed E-state index contributed by atoms with van der Waals surface area (Å²) in [6, 6.07) is 1.45. The first-order chi connectivity index (χ1) is 8.29. The van der Waals surface area contributed by atoms with Gasteiger partial charge in [-0.1, -0.05) is 0 Å². The number of hydrogen-bond donors (Lipinski definition) is 2. The maximum absolute atomic E-state index is 11.7. The number of nitrogens with zero attached hydrogens (tertiary/aromatic N) is 4. The Bertz CT molecular complexity index is 498. The van der Waals surface area contributed by atoms with Crippen LogP contribution in [0.4, 0.5) is 5.95 Å². The van der Waals surface area contributed by atoms with E-state index in [0.717, 1.165) is 0 Å². The average Bonchev–Trinajstić information content (AvgIpc) is 2.83. The van der Waals surface area contributed by atoms with Crippen LogP contribution < -0.4 is 10.1 Å². The molecule has 0 saturated carbocycles. The van der Waals surface area contributed by atoms with E-state index in [1.54, 1.807) is 0 Å². The molecule has 0 aliphatic heterocycles. The first-order valence-electron chi connectivity index (χ1n) is 4.91. The lowest BCUT2D eigenvalue weighted by molar-refractivity contribution is 0.102. The van der Waals surface area contributed by atoms with Gasteiger partial charge in [0.2, 0.25) is 11.8 Å². The minimum atomic E-state index is -0.412. The summed E-state index contributed by atoms with van der Waals surface area (Å²) < 4.78 is 5.16. The van der Waals surface area contributed by atoms with Crippen LogP contribution in [0.25, 0.3) is 0 Å². The van der Waals surface area contributed by atoms with E-state index in [1.807, 2.05) is 6.92 Å². The molecule has 0 unspecified atom stereocenters. The molecular formula is C9H10N6O2. The zero-order valence-corrected chi connectivity index (χ0v) is 9.04. The molecule has 0 aliphatic rings. The number of anilines is 1. The predicted molar refractivity (Wildman–Crippen MR) is 57.5 cm³/mol. The van der Waals surface area contributed by atoms with Crippen LogP contribution in [0.5, 0.6) is 5.88 Å². The predicted octanol–water partition coefficient (Wildman–Crippen LogP) is 0.246. The molecule has 2 rings (SSSR count). The van der Waals surface area contributed by atoms with Crippen molar-refractivity contribution in [1.29, 1.82) is 0 Å². The number of rotatable bonds is 4. The van der Waals surface area contributed by atoms with Gasteiger partial charge < -0.3 is 4.74 Å². The molecule has 0 radical (unpaired) electrons. The van der Waals surface area contributed by atoms with E-state index in [0.29, 0.717) is 12.5 Å². The summed E-state index contributed by atoms with van der Waals surface area (Å²) in [5.41, 5.74) is 0.194. The highest BCUT2D eigenvalue weighted by Crippen LogP contribution is 2.07. The zero-order valence-electron chi connectivity index (χ0n) is 9.04. The van der Waals surface area contributed by atoms with Crippen molar-refractivity contribution in [2.24, 2.45) is 0 Å². The van der Waals surface area contributed by atoms with Gasteiger partial charge in [0.1, 0.15) is 18.3 Å². The van der Waals surface area contributed by atoms with E-state index in [9.17, 15) is 4.79 Å². The van der Waals surface area contributed by atoms with Crippen molar-refractivity contribution in [3.05, 3.63) is 24.4 Å². The Morgan fingerprint density at radius 1 is 1.41 bits per heavy atom. The number of carbonyl (C=O) groups is 1. The molecule has 17 heavy (non-hydrogen) atoms. The quantitative estimate of drug-likeness (QED) is 0.785. The van der Waals surface area contributed by atoms with Gasteiger partial charge in [-0.15, -0.1) is 0 Å². The molecule has 0 saturated heterocycles. The van der Waals surface area contributed by atoms with Crippen molar-refractivity contribution in [3.63, 3.8) is 0 Å². The van der Waals surface area contributed by atoms with Crippen molar-refractivity contribution in [2.45, 2.75) is 6.92 Å². The highest BCUT2D eigenvalue weighted by molar-refractivity contribution is 6.01. The molecule has 1 amide bonds. The molecule has 0 spiro atoms. The summed E-state index contributed by atoms with van der Waals surface area (Å²) in [6.07, 6.45) is 2.56. The van der Waals surface area contributed by atoms with Crippen molar-refractivity contribution in [3.8, 4) is 5.88 Å². The van der Waals surface area contributed by atoms with Gasteiger partial charge in [-0.05, 0) is 6.92 Å². The number of aromatic nitrogens is 5. The molecule has 2 heterocycles. The molecular weight excluding hydrogens is 224 g/mol. The van der Waals surface area contributed by atoms with E-state index in [2.05, 4.69) is 30.5 Å². The van der Waals surface area contributed by atoms with Crippen molar-refractivity contribution in [2.75, 3.05) is 11.9 Å². The van der Waals surface area contributed by atoms with Crippen molar-refractivity contribution >= 4 is 11.9 Å². The minimum absolute atomic E-state index is 0.194. The smallest absolute Gasteiger partial charge is 0.276 e. The van der Waals surface area contributed by atoms with Crippen LogP contribution >= 0.6 is 0 Å². The first-order valence-corrected chi connectivity index (χ1v) is 4.91. The second kappa shape index (κ2) is 5.01. The molecule has 8 heteroatoms. The Labute approximate surface area is 96.5 Å². The highest BCUT2D eigenvalue weighted by Gasteiger charge is 2.10. The molecule has 8 nitrogen and oxygen atoms in total. The lowest BCUT2D eigenvalue weighted by Crippen LogP contribution is -2.15. The Morgan fingerprint density at radius 2 is 2.29 bits per heavy atom. The summed E-state index contributed by atoms with van der Waals surface area (Å²) in [6.45, 7) is 2.30. The van der Waals surface area contributed by atoms with Gasteiger partial charge in [0.25, 0.3) is 5.91 Å². The number of aromatic amines is 1. The second-order valence-electron chi connectivity index (χ2n) is 2.96. The van der Waals surface area contributed by atoms with Gasteiger partial charge in [0.05, 0.1) is 6.61 Å². The Kier molecular flexibility index (Phi) is 3.24.